The van der Waals surface area contributed by atoms with Crippen LogP contribution in [0.4, 0.5) is 0 Å². The first-order valence-electron chi connectivity index (χ1n) is 6.12. The molecule has 2 N–H and O–H groups in total. The summed E-state index contributed by atoms with van der Waals surface area (Å²) < 4.78 is 16.3. The Morgan fingerprint density at radius 1 is 1.37 bits per heavy atom. The molecule has 102 valence electrons. The number of nitrogens with one attached hydrogen (secondary N) is 1. The summed E-state index contributed by atoms with van der Waals surface area (Å²) in [5, 5.41) is 11.9. The van der Waals surface area contributed by atoms with Crippen molar-refractivity contribution in [3.05, 3.63) is 23.8 Å². The van der Waals surface area contributed by atoms with E-state index in [4.69, 9.17) is 19.3 Å². The summed E-state index contributed by atoms with van der Waals surface area (Å²) in [7, 11) is 0. The monoisotopic (exact) mass is 265 g/mol. The molecule has 0 spiro atoms. The van der Waals surface area contributed by atoms with E-state index in [1.54, 1.807) is 0 Å². The minimum atomic E-state index is -0.841. The van der Waals surface area contributed by atoms with Crippen LogP contribution in [0, 0.1) is 0 Å². The molecule has 1 aromatic carbocycles. The molecule has 0 aliphatic carbocycles. The predicted molar refractivity (Wildman–Crippen MR) is 65.2 cm³/mol. The lowest BCUT2D eigenvalue weighted by molar-refractivity contribution is -0.152. The number of carboxylic acid groups (broad SMARTS) is 1. The zero-order valence-corrected chi connectivity index (χ0v) is 10.3. The summed E-state index contributed by atoms with van der Waals surface area (Å²) in [5.74, 6) is 0.599. The number of benzene rings is 1. The molecule has 1 saturated heterocycles. The maximum absolute atomic E-state index is 10.8. The smallest absolute Gasteiger partial charge is 0.306 e. The van der Waals surface area contributed by atoms with Crippen LogP contribution in [0.5, 0.6) is 11.5 Å². The molecular formula is C13H15NO5. The molecular weight excluding hydrogens is 250 g/mol. The van der Waals surface area contributed by atoms with Crippen molar-refractivity contribution in [1.29, 1.82) is 0 Å². The van der Waals surface area contributed by atoms with Crippen molar-refractivity contribution in [1.82, 2.24) is 5.32 Å². The SMILES string of the molecule is O=C(O)CC1(OCc2ccc3c(c2)OCO3)CNC1. The van der Waals surface area contributed by atoms with Crippen LogP contribution >= 0.6 is 0 Å². The zero-order valence-electron chi connectivity index (χ0n) is 10.3. The van der Waals surface area contributed by atoms with Crippen molar-refractivity contribution in [3.8, 4) is 11.5 Å². The third kappa shape index (κ3) is 2.50. The van der Waals surface area contributed by atoms with E-state index in [-0.39, 0.29) is 13.2 Å². The Kier molecular flexibility index (Phi) is 3.04. The molecule has 0 atom stereocenters. The topological polar surface area (TPSA) is 77.0 Å². The number of aliphatic carboxylic acids is 1. The van der Waals surface area contributed by atoms with Crippen LogP contribution in [-0.2, 0) is 16.1 Å². The van der Waals surface area contributed by atoms with Gasteiger partial charge in [-0.2, -0.15) is 0 Å². The lowest BCUT2D eigenvalue weighted by Gasteiger charge is -2.41. The number of fused-ring (bicyclic) bond motifs is 1. The first kappa shape index (κ1) is 12.3. The van der Waals surface area contributed by atoms with E-state index in [0.717, 1.165) is 11.3 Å². The summed E-state index contributed by atoms with van der Waals surface area (Å²) in [6, 6.07) is 5.60. The summed E-state index contributed by atoms with van der Waals surface area (Å²) in [5.41, 5.74) is 0.364. The molecule has 0 saturated carbocycles. The van der Waals surface area contributed by atoms with E-state index in [1.165, 1.54) is 0 Å². The summed E-state index contributed by atoms with van der Waals surface area (Å²) in [4.78, 5) is 10.8. The quantitative estimate of drug-likeness (QED) is 0.818. The highest BCUT2D eigenvalue weighted by atomic mass is 16.7. The first-order chi connectivity index (χ1) is 9.17. The highest BCUT2D eigenvalue weighted by Crippen LogP contribution is 2.33. The summed E-state index contributed by atoms with van der Waals surface area (Å²) >= 11 is 0. The molecule has 6 nitrogen and oxygen atoms in total. The maximum Gasteiger partial charge on any atom is 0.306 e. The third-order valence-corrected chi connectivity index (χ3v) is 3.35. The molecule has 6 heteroatoms. The molecule has 2 aliphatic rings. The molecule has 0 radical (unpaired) electrons. The molecule has 2 heterocycles. The van der Waals surface area contributed by atoms with Gasteiger partial charge < -0.3 is 24.6 Å². The Labute approximate surface area is 110 Å². The van der Waals surface area contributed by atoms with Gasteiger partial charge >= 0.3 is 5.97 Å². The second kappa shape index (κ2) is 4.71. The molecule has 0 unspecified atom stereocenters. The number of hydrogen-bond donors (Lipinski definition) is 2. The largest absolute Gasteiger partial charge is 0.481 e. The zero-order chi connectivity index (χ0) is 13.3. The van der Waals surface area contributed by atoms with Gasteiger partial charge in [-0.1, -0.05) is 6.07 Å². The van der Waals surface area contributed by atoms with Gasteiger partial charge in [-0.3, -0.25) is 4.79 Å². The van der Waals surface area contributed by atoms with Crippen molar-refractivity contribution in [2.24, 2.45) is 0 Å². The third-order valence-electron chi connectivity index (χ3n) is 3.35. The van der Waals surface area contributed by atoms with Crippen LogP contribution in [-0.4, -0.2) is 36.6 Å². The molecule has 1 aromatic rings. The average molecular weight is 265 g/mol. The molecule has 2 aliphatic heterocycles. The number of rotatable bonds is 5. The number of carboxylic acids is 1. The van der Waals surface area contributed by atoms with Gasteiger partial charge in [0.2, 0.25) is 6.79 Å². The fourth-order valence-electron chi connectivity index (χ4n) is 2.22. The van der Waals surface area contributed by atoms with Crippen LogP contribution in [0.2, 0.25) is 0 Å². The van der Waals surface area contributed by atoms with Gasteiger partial charge in [0.25, 0.3) is 0 Å². The first-order valence-corrected chi connectivity index (χ1v) is 6.12. The van der Waals surface area contributed by atoms with E-state index in [1.807, 2.05) is 18.2 Å². The van der Waals surface area contributed by atoms with Gasteiger partial charge in [0.05, 0.1) is 13.0 Å². The average Bonchev–Trinajstić information content (AvgIpc) is 2.79. The Balaban J connectivity index is 1.64. The molecule has 3 rings (SSSR count). The molecule has 19 heavy (non-hydrogen) atoms. The molecule has 0 aromatic heterocycles. The molecule has 0 amide bonds. The Morgan fingerprint density at radius 3 is 2.84 bits per heavy atom. The van der Waals surface area contributed by atoms with Crippen LogP contribution < -0.4 is 14.8 Å². The van der Waals surface area contributed by atoms with Crippen molar-refractivity contribution in [3.63, 3.8) is 0 Å². The van der Waals surface area contributed by atoms with E-state index in [9.17, 15) is 4.79 Å². The number of hydrogen-bond acceptors (Lipinski definition) is 5. The number of carbonyl (C=O) groups is 1. The normalized spacial score (nSPS) is 18.9. The lowest BCUT2D eigenvalue weighted by Crippen LogP contribution is -2.61. The van der Waals surface area contributed by atoms with Gasteiger partial charge in [0.15, 0.2) is 11.5 Å². The second-order valence-corrected chi connectivity index (χ2v) is 4.83. The maximum atomic E-state index is 10.8. The predicted octanol–water partition coefficient (Wildman–Crippen LogP) is 0.749. The highest BCUT2D eigenvalue weighted by molar-refractivity contribution is 5.68. The molecule has 0 bridgehead atoms. The Hall–Kier alpha value is -1.79. The van der Waals surface area contributed by atoms with Gasteiger partial charge in [0.1, 0.15) is 5.60 Å². The minimum absolute atomic E-state index is 0.0184. The fourth-order valence-corrected chi connectivity index (χ4v) is 2.22. The van der Waals surface area contributed by atoms with E-state index < -0.39 is 11.6 Å². The van der Waals surface area contributed by atoms with Crippen LogP contribution in [0.3, 0.4) is 0 Å². The van der Waals surface area contributed by atoms with Gasteiger partial charge in [-0.25, -0.2) is 0 Å². The van der Waals surface area contributed by atoms with E-state index in [0.29, 0.717) is 25.4 Å². The van der Waals surface area contributed by atoms with Gasteiger partial charge in [0, 0.05) is 13.1 Å². The van der Waals surface area contributed by atoms with Gasteiger partial charge in [-0.05, 0) is 17.7 Å². The fraction of sp³-hybridized carbons (Fsp3) is 0.462. The Bertz CT molecular complexity index is 498. The molecule has 1 fully saturated rings. The van der Waals surface area contributed by atoms with Crippen molar-refractivity contribution < 1.29 is 24.1 Å². The second-order valence-electron chi connectivity index (χ2n) is 4.83. The summed E-state index contributed by atoms with van der Waals surface area (Å²) in [6.07, 6.45) is 0.0184. The number of ether oxygens (including phenoxy) is 3. The van der Waals surface area contributed by atoms with Crippen LogP contribution in [0.15, 0.2) is 18.2 Å². The minimum Gasteiger partial charge on any atom is -0.481 e. The lowest BCUT2D eigenvalue weighted by atomic mass is 9.92. The van der Waals surface area contributed by atoms with Crippen molar-refractivity contribution in [2.75, 3.05) is 19.9 Å². The van der Waals surface area contributed by atoms with Gasteiger partial charge in [-0.15, -0.1) is 0 Å². The van der Waals surface area contributed by atoms with Crippen molar-refractivity contribution in [2.45, 2.75) is 18.6 Å². The van der Waals surface area contributed by atoms with E-state index >= 15 is 0 Å². The standard InChI is InChI=1S/C13H15NO5/c15-12(16)4-13(6-14-7-13)19-5-9-1-2-10-11(3-9)18-8-17-10/h1-3,14H,4-8H2,(H,15,16). The van der Waals surface area contributed by atoms with Crippen LogP contribution in [0.25, 0.3) is 0 Å². The van der Waals surface area contributed by atoms with Crippen LogP contribution in [0.1, 0.15) is 12.0 Å². The summed E-state index contributed by atoms with van der Waals surface area (Å²) in [6.45, 7) is 1.76. The Morgan fingerprint density at radius 2 is 2.16 bits per heavy atom. The van der Waals surface area contributed by atoms with Crippen molar-refractivity contribution >= 4 is 5.97 Å². The van der Waals surface area contributed by atoms with E-state index in [2.05, 4.69) is 5.32 Å². The highest BCUT2D eigenvalue weighted by Gasteiger charge is 2.40.